The second-order valence-electron chi connectivity index (χ2n) is 9.46. The Morgan fingerprint density at radius 2 is 1.66 bits per heavy atom. The number of aromatic nitrogens is 3. The van der Waals surface area contributed by atoms with Crippen molar-refractivity contribution >= 4 is 22.9 Å². The molecule has 0 saturated carbocycles. The van der Waals surface area contributed by atoms with Crippen LogP contribution in [0.1, 0.15) is 35.5 Å². The Morgan fingerprint density at radius 3 is 2.39 bits per heavy atom. The summed E-state index contributed by atoms with van der Waals surface area (Å²) in [6.45, 7) is 1.95. The fraction of sp³-hybridized carbons (Fsp3) is 0.226. The summed E-state index contributed by atoms with van der Waals surface area (Å²) in [7, 11) is 1.69. The Morgan fingerprint density at radius 1 is 0.921 bits per heavy atom. The molecule has 0 amide bonds. The van der Waals surface area contributed by atoms with E-state index in [0.29, 0.717) is 18.1 Å². The second-order valence-corrected chi connectivity index (χ2v) is 9.87. The Kier molecular flexibility index (Phi) is 6.84. The molecule has 0 bridgehead atoms. The molecule has 5 aromatic rings. The Bertz CT molecular complexity index is 1560. The van der Waals surface area contributed by atoms with E-state index in [0.717, 1.165) is 65.6 Å². The number of nitrogens with one attached hydrogen (secondary N) is 1. The van der Waals surface area contributed by atoms with Crippen molar-refractivity contribution in [1.29, 1.82) is 0 Å². The third-order valence-electron chi connectivity index (χ3n) is 7.06. The molecule has 0 saturated heterocycles. The van der Waals surface area contributed by atoms with Gasteiger partial charge in [0.05, 0.1) is 7.11 Å². The van der Waals surface area contributed by atoms with Crippen LogP contribution in [0.25, 0.3) is 16.8 Å². The zero-order valence-corrected chi connectivity index (χ0v) is 22.2. The lowest BCUT2D eigenvalue weighted by Crippen LogP contribution is -2.24. The highest BCUT2D eigenvalue weighted by molar-refractivity contribution is 7.80. The van der Waals surface area contributed by atoms with Gasteiger partial charge in [-0.1, -0.05) is 72.9 Å². The van der Waals surface area contributed by atoms with Crippen molar-refractivity contribution in [3.05, 3.63) is 108 Å². The van der Waals surface area contributed by atoms with E-state index >= 15 is 0 Å². The summed E-state index contributed by atoms with van der Waals surface area (Å²) >= 11 is 6.06. The van der Waals surface area contributed by atoms with Crippen LogP contribution in [0.3, 0.4) is 0 Å². The quantitative estimate of drug-likeness (QED) is 0.246. The zero-order valence-electron chi connectivity index (χ0n) is 21.4. The van der Waals surface area contributed by atoms with Gasteiger partial charge in [-0.2, -0.15) is 0 Å². The summed E-state index contributed by atoms with van der Waals surface area (Å²) in [5.41, 5.74) is 6.75. The lowest BCUT2D eigenvalue weighted by molar-refractivity contribution is 0.288. The normalized spacial score (nSPS) is 12.8. The zero-order chi connectivity index (χ0) is 25.9. The van der Waals surface area contributed by atoms with Crippen LogP contribution in [0, 0.1) is 0 Å². The van der Waals surface area contributed by atoms with Crippen molar-refractivity contribution in [2.75, 3.05) is 7.11 Å². The van der Waals surface area contributed by atoms with E-state index < -0.39 is 0 Å². The third kappa shape index (κ3) is 4.65. The van der Waals surface area contributed by atoms with Gasteiger partial charge in [-0.25, -0.2) is 4.52 Å². The lowest BCUT2D eigenvalue weighted by atomic mass is 9.98. The van der Waals surface area contributed by atoms with Gasteiger partial charge in [0, 0.05) is 24.2 Å². The molecule has 38 heavy (non-hydrogen) atoms. The first-order chi connectivity index (χ1) is 18.7. The number of hydrogen-bond donors (Lipinski definition) is 1. The molecule has 0 atom stereocenters. The van der Waals surface area contributed by atoms with Crippen molar-refractivity contribution in [2.24, 2.45) is 0 Å². The van der Waals surface area contributed by atoms with Crippen LogP contribution in [0.4, 0.5) is 0 Å². The lowest BCUT2D eigenvalue weighted by Gasteiger charge is -2.12. The number of rotatable bonds is 8. The van der Waals surface area contributed by atoms with Gasteiger partial charge in [0.1, 0.15) is 34.4 Å². The van der Waals surface area contributed by atoms with Gasteiger partial charge < -0.3 is 19.4 Å². The van der Waals surface area contributed by atoms with E-state index in [1.54, 1.807) is 7.11 Å². The van der Waals surface area contributed by atoms with E-state index in [2.05, 4.69) is 34.1 Å². The molecule has 192 valence electrons. The summed E-state index contributed by atoms with van der Waals surface area (Å²) in [6.07, 6.45) is 3.16. The van der Waals surface area contributed by atoms with Gasteiger partial charge in [0.25, 0.3) is 0 Å². The Balaban J connectivity index is 1.45. The highest BCUT2D eigenvalue weighted by Gasteiger charge is 2.29. The Hall–Kier alpha value is -4.10. The summed E-state index contributed by atoms with van der Waals surface area (Å²) in [4.78, 5) is 0.682. The van der Waals surface area contributed by atoms with E-state index in [1.165, 1.54) is 11.1 Å². The van der Waals surface area contributed by atoms with Crippen molar-refractivity contribution in [3.63, 3.8) is 0 Å². The number of ether oxygens (including phenoxy) is 2. The maximum absolute atomic E-state index is 6.13. The maximum Gasteiger partial charge on any atom is 0.169 e. The van der Waals surface area contributed by atoms with Crippen molar-refractivity contribution in [3.8, 4) is 22.6 Å². The van der Waals surface area contributed by atoms with Crippen LogP contribution >= 0.6 is 12.2 Å². The molecule has 0 aliphatic carbocycles. The molecule has 7 heteroatoms. The summed E-state index contributed by atoms with van der Waals surface area (Å²) < 4.78 is 15.9. The topological polar surface area (TPSA) is 52.7 Å². The molecule has 3 heterocycles. The highest BCUT2D eigenvalue weighted by atomic mass is 32.1. The largest absolute Gasteiger partial charge is 0.497 e. The van der Waals surface area contributed by atoms with Crippen LogP contribution in [0.5, 0.6) is 11.5 Å². The molecule has 2 aromatic heterocycles. The molecule has 0 fully saturated rings. The van der Waals surface area contributed by atoms with Gasteiger partial charge in [-0.15, -0.1) is 5.10 Å². The molecule has 1 N–H and O–H groups in total. The molecule has 6 nitrogen and oxygen atoms in total. The number of methoxy groups -OCH3 is 1. The van der Waals surface area contributed by atoms with E-state index in [9.17, 15) is 0 Å². The van der Waals surface area contributed by atoms with Gasteiger partial charge >= 0.3 is 0 Å². The number of para-hydroxylation sites is 1. The molecule has 6 rings (SSSR count). The smallest absolute Gasteiger partial charge is 0.169 e. The minimum atomic E-state index is 0.395. The first kappa shape index (κ1) is 24.2. The van der Waals surface area contributed by atoms with Gasteiger partial charge in [0.15, 0.2) is 5.82 Å². The van der Waals surface area contributed by atoms with Gasteiger partial charge in [0.2, 0.25) is 0 Å². The Labute approximate surface area is 227 Å². The predicted molar refractivity (Wildman–Crippen MR) is 154 cm³/mol. The second kappa shape index (κ2) is 10.7. The number of hydrogen-bond acceptors (Lipinski definition) is 4. The standard InChI is InChI=1S/C31H30N4O2S/c1-36-24-17-15-23(16-18-24)28-26-14-8-9-19-34-27(21-37-25-12-6-3-7-13-25)33-35(31(26)34)29(28)30(38)32-20-22-10-4-2-5-11-22/h2-7,10-13,15-18H,8-9,14,19-21H2,1H3,(H,32,38). The fourth-order valence-electron chi connectivity index (χ4n) is 5.22. The summed E-state index contributed by atoms with van der Waals surface area (Å²) in [5.74, 6) is 2.57. The number of thiocarbonyl (C=S) groups is 1. The monoisotopic (exact) mass is 522 g/mol. The van der Waals surface area contributed by atoms with Crippen molar-refractivity contribution < 1.29 is 9.47 Å². The molecule has 1 aliphatic rings. The highest BCUT2D eigenvalue weighted by Crippen LogP contribution is 2.37. The SMILES string of the molecule is COc1ccc(-c2c3c4n(c(COc5ccccc5)nn4c2C(=S)NCc2ccccc2)CCCC3)cc1. The first-order valence-electron chi connectivity index (χ1n) is 13.0. The number of benzene rings is 3. The van der Waals surface area contributed by atoms with Crippen LogP contribution in [0.15, 0.2) is 84.9 Å². The van der Waals surface area contributed by atoms with Gasteiger partial charge in [-0.3, -0.25) is 0 Å². The fourth-order valence-corrected chi connectivity index (χ4v) is 5.48. The van der Waals surface area contributed by atoms with E-state index in [1.807, 2.05) is 65.2 Å². The molecule has 0 spiro atoms. The van der Waals surface area contributed by atoms with Crippen molar-refractivity contribution in [1.82, 2.24) is 19.5 Å². The minimum Gasteiger partial charge on any atom is -0.497 e. The van der Waals surface area contributed by atoms with Crippen LogP contribution in [0.2, 0.25) is 0 Å². The number of nitrogens with zero attached hydrogens (tertiary/aromatic N) is 3. The van der Waals surface area contributed by atoms with Gasteiger partial charge in [-0.05, 0) is 54.7 Å². The van der Waals surface area contributed by atoms with E-state index in [4.69, 9.17) is 26.8 Å². The number of aryl methyl sites for hydroxylation is 2. The predicted octanol–water partition coefficient (Wildman–Crippen LogP) is 6.19. The molecular formula is C31H30N4O2S. The minimum absolute atomic E-state index is 0.395. The van der Waals surface area contributed by atoms with Crippen LogP contribution < -0.4 is 14.8 Å². The molecule has 1 aliphatic heterocycles. The van der Waals surface area contributed by atoms with Crippen LogP contribution in [-0.2, 0) is 26.1 Å². The first-order valence-corrected chi connectivity index (χ1v) is 13.4. The molecule has 0 radical (unpaired) electrons. The average Bonchev–Trinajstić information content (AvgIpc) is 3.37. The molecule has 3 aromatic carbocycles. The molecule has 0 unspecified atom stereocenters. The average molecular weight is 523 g/mol. The maximum atomic E-state index is 6.13. The van der Waals surface area contributed by atoms with Crippen molar-refractivity contribution in [2.45, 2.75) is 39.0 Å². The third-order valence-corrected chi connectivity index (χ3v) is 7.40. The van der Waals surface area contributed by atoms with Crippen LogP contribution in [-0.4, -0.2) is 26.3 Å². The summed E-state index contributed by atoms with van der Waals surface area (Å²) in [5, 5.41) is 8.60. The van der Waals surface area contributed by atoms with E-state index in [-0.39, 0.29) is 0 Å². The molecular weight excluding hydrogens is 492 g/mol. The summed E-state index contributed by atoms with van der Waals surface area (Å²) in [6, 6.07) is 28.5.